The first kappa shape index (κ1) is 11.0. The van der Waals surface area contributed by atoms with Gasteiger partial charge in [0.25, 0.3) is 0 Å². The van der Waals surface area contributed by atoms with Gasteiger partial charge in [-0.15, -0.1) is 6.42 Å². The van der Waals surface area contributed by atoms with Crippen LogP contribution in [-0.4, -0.2) is 50.2 Å². The summed E-state index contributed by atoms with van der Waals surface area (Å²) < 4.78 is 5.16. The van der Waals surface area contributed by atoms with Crippen LogP contribution >= 0.6 is 0 Å². The maximum Gasteiger partial charge on any atom is 0.224 e. The number of amides is 1. The van der Waals surface area contributed by atoms with Gasteiger partial charge in [-0.25, -0.2) is 0 Å². The molecule has 1 heterocycles. The largest absolute Gasteiger partial charge is 0.378 e. The molecule has 0 aromatic carbocycles. The maximum absolute atomic E-state index is 11.5. The Balaban J connectivity index is 2.11. The zero-order valence-electron chi connectivity index (χ0n) is 8.29. The molecule has 4 nitrogen and oxygen atoms in total. The molecule has 4 heteroatoms. The number of nitrogens with one attached hydrogen (secondary N) is 1. The third-order valence-corrected chi connectivity index (χ3v) is 2.11. The van der Waals surface area contributed by atoms with Gasteiger partial charge in [0.1, 0.15) is 0 Å². The van der Waals surface area contributed by atoms with Crippen molar-refractivity contribution in [3.63, 3.8) is 0 Å². The monoisotopic (exact) mass is 196 g/mol. The summed E-state index contributed by atoms with van der Waals surface area (Å²) in [6.07, 6.45) is 5.58. The summed E-state index contributed by atoms with van der Waals surface area (Å²) in [5.74, 6) is 2.64. The van der Waals surface area contributed by atoms with Gasteiger partial charge in [-0.2, -0.15) is 0 Å². The highest BCUT2D eigenvalue weighted by Crippen LogP contribution is 1.99. The van der Waals surface area contributed by atoms with Crippen LogP contribution in [0.1, 0.15) is 6.42 Å². The summed E-state index contributed by atoms with van der Waals surface area (Å²) in [4.78, 5) is 13.4. The average molecular weight is 196 g/mol. The third-order valence-electron chi connectivity index (χ3n) is 2.11. The summed E-state index contributed by atoms with van der Waals surface area (Å²) in [5.41, 5.74) is 0. The number of rotatable bonds is 4. The second kappa shape index (κ2) is 6.41. The van der Waals surface area contributed by atoms with Crippen molar-refractivity contribution in [3.8, 4) is 12.3 Å². The number of terminal acetylenes is 1. The standard InChI is InChI=1S/C10H16N2O2/c1-2-4-11-5-3-10(13)12-6-8-14-9-7-12/h1,11H,3-9H2. The summed E-state index contributed by atoms with van der Waals surface area (Å²) in [6.45, 7) is 3.92. The van der Waals surface area contributed by atoms with E-state index in [4.69, 9.17) is 11.2 Å². The van der Waals surface area contributed by atoms with E-state index in [1.165, 1.54) is 0 Å². The molecule has 1 fully saturated rings. The highest BCUT2D eigenvalue weighted by atomic mass is 16.5. The SMILES string of the molecule is C#CCNCCC(=O)N1CCOCC1. The van der Waals surface area contributed by atoms with E-state index >= 15 is 0 Å². The Hall–Kier alpha value is -1.05. The molecule has 1 amide bonds. The minimum atomic E-state index is 0.179. The molecule has 1 saturated heterocycles. The van der Waals surface area contributed by atoms with Gasteiger partial charge in [0, 0.05) is 26.1 Å². The van der Waals surface area contributed by atoms with Gasteiger partial charge >= 0.3 is 0 Å². The first-order valence-electron chi connectivity index (χ1n) is 4.84. The van der Waals surface area contributed by atoms with Crippen LogP contribution in [-0.2, 0) is 9.53 Å². The summed E-state index contributed by atoms with van der Waals surface area (Å²) in [5, 5.41) is 2.99. The van der Waals surface area contributed by atoms with Crippen molar-refractivity contribution in [1.29, 1.82) is 0 Å². The van der Waals surface area contributed by atoms with Crippen LogP contribution in [0, 0.1) is 12.3 Å². The normalized spacial score (nSPS) is 16.4. The van der Waals surface area contributed by atoms with Gasteiger partial charge in [0.2, 0.25) is 5.91 Å². The van der Waals surface area contributed by atoms with Gasteiger partial charge in [0.15, 0.2) is 0 Å². The zero-order chi connectivity index (χ0) is 10.2. The average Bonchev–Trinajstić information content (AvgIpc) is 2.25. The van der Waals surface area contributed by atoms with Gasteiger partial charge in [-0.3, -0.25) is 4.79 Å². The lowest BCUT2D eigenvalue weighted by Crippen LogP contribution is -2.41. The Labute approximate surface area is 84.6 Å². The quantitative estimate of drug-likeness (QED) is 0.485. The molecular weight excluding hydrogens is 180 g/mol. The number of morpholine rings is 1. The molecule has 0 aromatic heterocycles. The first-order valence-corrected chi connectivity index (χ1v) is 4.84. The fourth-order valence-electron chi connectivity index (χ4n) is 1.33. The van der Waals surface area contributed by atoms with Crippen LogP contribution in [0.25, 0.3) is 0 Å². The summed E-state index contributed by atoms with van der Waals surface area (Å²) in [7, 11) is 0. The molecule has 0 unspecified atom stereocenters. The summed E-state index contributed by atoms with van der Waals surface area (Å²) in [6, 6.07) is 0. The van der Waals surface area contributed by atoms with Crippen molar-refractivity contribution < 1.29 is 9.53 Å². The number of hydrogen-bond donors (Lipinski definition) is 1. The molecule has 0 spiro atoms. The molecule has 0 aliphatic carbocycles. The molecule has 1 aliphatic rings. The molecule has 0 bridgehead atoms. The highest BCUT2D eigenvalue weighted by Gasteiger charge is 2.15. The van der Waals surface area contributed by atoms with E-state index in [1.807, 2.05) is 4.90 Å². The predicted octanol–water partition coefficient (Wildman–Crippen LogP) is -0.542. The van der Waals surface area contributed by atoms with Crippen LogP contribution in [0.15, 0.2) is 0 Å². The Morgan fingerprint density at radius 1 is 1.50 bits per heavy atom. The molecule has 78 valence electrons. The third kappa shape index (κ3) is 3.77. The van der Waals surface area contributed by atoms with E-state index < -0.39 is 0 Å². The summed E-state index contributed by atoms with van der Waals surface area (Å²) >= 11 is 0. The number of nitrogens with zero attached hydrogens (tertiary/aromatic N) is 1. The molecular formula is C10H16N2O2. The van der Waals surface area contributed by atoms with E-state index in [0.29, 0.717) is 45.8 Å². The number of ether oxygens (including phenoxy) is 1. The van der Waals surface area contributed by atoms with Gasteiger partial charge in [-0.1, -0.05) is 5.92 Å². The van der Waals surface area contributed by atoms with E-state index in [2.05, 4.69) is 11.2 Å². The van der Waals surface area contributed by atoms with Crippen LogP contribution in [0.5, 0.6) is 0 Å². The van der Waals surface area contributed by atoms with E-state index in [9.17, 15) is 4.79 Å². The van der Waals surface area contributed by atoms with Crippen molar-refractivity contribution >= 4 is 5.91 Å². The fraction of sp³-hybridized carbons (Fsp3) is 0.700. The van der Waals surface area contributed by atoms with E-state index in [-0.39, 0.29) is 5.91 Å². The molecule has 0 saturated carbocycles. The minimum Gasteiger partial charge on any atom is -0.378 e. The van der Waals surface area contributed by atoms with Crippen molar-refractivity contribution in [1.82, 2.24) is 10.2 Å². The zero-order valence-corrected chi connectivity index (χ0v) is 8.29. The Kier molecular flexibility index (Phi) is 5.05. The van der Waals surface area contributed by atoms with Crippen LogP contribution in [0.3, 0.4) is 0 Å². The molecule has 0 aromatic rings. The van der Waals surface area contributed by atoms with Crippen molar-refractivity contribution in [2.75, 3.05) is 39.4 Å². The van der Waals surface area contributed by atoms with Crippen LogP contribution < -0.4 is 5.32 Å². The van der Waals surface area contributed by atoms with Crippen molar-refractivity contribution in [2.24, 2.45) is 0 Å². The van der Waals surface area contributed by atoms with Gasteiger partial charge in [-0.05, 0) is 0 Å². The fourth-order valence-corrected chi connectivity index (χ4v) is 1.33. The smallest absolute Gasteiger partial charge is 0.224 e. The number of carbonyl (C=O) groups excluding carboxylic acids is 1. The van der Waals surface area contributed by atoms with Gasteiger partial charge in [0.05, 0.1) is 19.8 Å². The maximum atomic E-state index is 11.5. The first-order chi connectivity index (χ1) is 6.84. The Morgan fingerprint density at radius 3 is 2.86 bits per heavy atom. The van der Waals surface area contributed by atoms with Crippen LogP contribution in [0.2, 0.25) is 0 Å². The highest BCUT2D eigenvalue weighted by molar-refractivity contribution is 5.76. The molecule has 1 aliphatic heterocycles. The predicted molar refractivity (Wildman–Crippen MR) is 53.7 cm³/mol. The molecule has 0 radical (unpaired) electrons. The van der Waals surface area contributed by atoms with Gasteiger partial charge < -0.3 is 15.0 Å². The molecule has 1 rings (SSSR count). The molecule has 1 N–H and O–H groups in total. The second-order valence-electron chi connectivity index (χ2n) is 3.12. The van der Waals surface area contributed by atoms with E-state index in [0.717, 1.165) is 0 Å². The number of hydrogen-bond acceptors (Lipinski definition) is 3. The van der Waals surface area contributed by atoms with Crippen molar-refractivity contribution in [2.45, 2.75) is 6.42 Å². The minimum absolute atomic E-state index is 0.179. The Bertz CT molecular complexity index is 217. The lowest BCUT2D eigenvalue weighted by molar-refractivity contribution is -0.135. The van der Waals surface area contributed by atoms with Crippen molar-refractivity contribution in [3.05, 3.63) is 0 Å². The van der Waals surface area contributed by atoms with E-state index in [1.54, 1.807) is 0 Å². The van der Waals surface area contributed by atoms with Crippen LogP contribution in [0.4, 0.5) is 0 Å². The number of carbonyl (C=O) groups is 1. The molecule has 0 atom stereocenters. The Morgan fingerprint density at radius 2 is 2.21 bits per heavy atom. The molecule has 14 heavy (non-hydrogen) atoms. The second-order valence-corrected chi connectivity index (χ2v) is 3.12. The lowest BCUT2D eigenvalue weighted by Gasteiger charge is -2.26. The topological polar surface area (TPSA) is 41.6 Å². The lowest BCUT2D eigenvalue weighted by atomic mass is 10.3.